The number of ether oxygens (including phenoxy) is 2. The summed E-state index contributed by atoms with van der Waals surface area (Å²) in [5.74, 6) is -2.31. The van der Waals surface area contributed by atoms with Crippen molar-refractivity contribution < 1.29 is 28.8 Å². The number of carbonyl (C=O) groups is 3. The van der Waals surface area contributed by atoms with E-state index in [-0.39, 0.29) is 22.7 Å². The standard InChI is InChI=1S/C23H20N2O7S/c1-3-31-22(27)17-13-19(15-9-5-4-6-10-15)33-21(17)24-20(26)14(2)32-23(28)16-11-7-8-12-18(16)25(29)30/h4-14H,3H2,1-2H3,(H,24,26). The van der Waals surface area contributed by atoms with Crippen LogP contribution in [0, 0.1) is 10.1 Å². The molecule has 1 amide bonds. The zero-order chi connectivity index (χ0) is 24.0. The van der Waals surface area contributed by atoms with Gasteiger partial charge in [-0.1, -0.05) is 42.5 Å². The normalized spacial score (nSPS) is 11.3. The summed E-state index contributed by atoms with van der Waals surface area (Å²) in [4.78, 5) is 48.7. The number of thiophene rings is 1. The molecule has 0 spiro atoms. The number of para-hydroxylation sites is 1. The third-order valence-corrected chi connectivity index (χ3v) is 5.60. The van der Waals surface area contributed by atoms with E-state index in [1.54, 1.807) is 13.0 Å². The molecule has 0 saturated heterocycles. The van der Waals surface area contributed by atoms with E-state index in [4.69, 9.17) is 9.47 Å². The van der Waals surface area contributed by atoms with Crippen LogP contribution in [0.1, 0.15) is 34.6 Å². The molecule has 3 aromatic rings. The minimum absolute atomic E-state index is 0.159. The Hall–Kier alpha value is -4.05. The average Bonchev–Trinajstić information content (AvgIpc) is 3.23. The molecule has 0 radical (unpaired) electrons. The number of esters is 2. The van der Waals surface area contributed by atoms with Crippen LogP contribution in [0.25, 0.3) is 10.4 Å². The molecule has 9 nitrogen and oxygen atoms in total. The number of benzene rings is 2. The fourth-order valence-corrected chi connectivity index (χ4v) is 3.94. The second-order valence-corrected chi connectivity index (χ2v) is 7.80. The van der Waals surface area contributed by atoms with Crippen molar-refractivity contribution in [1.29, 1.82) is 0 Å². The highest BCUT2D eigenvalue weighted by molar-refractivity contribution is 7.20. The molecule has 10 heteroatoms. The molecule has 1 unspecified atom stereocenters. The monoisotopic (exact) mass is 468 g/mol. The number of amides is 1. The first kappa shape index (κ1) is 23.6. The van der Waals surface area contributed by atoms with Crippen molar-refractivity contribution in [3.8, 4) is 10.4 Å². The van der Waals surface area contributed by atoms with Crippen LogP contribution in [-0.2, 0) is 14.3 Å². The smallest absolute Gasteiger partial charge is 0.345 e. The molecule has 1 N–H and O–H groups in total. The number of hydrogen-bond acceptors (Lipinski definition) is 8. The quantitative estimate of drug-likeness (QED) is 0.289. The molecule has 1 aromatic heterocycles. The molecular weight excluding hydrogens is 448 g/mol. The summed E-state index contributed by atoms with van der Waals surface area (Å²) < 4.78 is 10.2. The summed E-state index contributed by atoms with van der Waals surface area (Å²) in [6, 6.07) is 16.2. The third kappa shape index (κ3) is 5.60. The van der Waals surface area contributed by atoms with Crippen molar-refractivity contribution in [3.63, 3.8) is 0 Å². The Morgan fingerprint density at radius 3 is 2.36 bits per heavy atom. The van der Waals surface area contributed by atoms with Crippen LogP contribution in [0.4, 0.5) is 10.7 Å². The van der Waals surface area contributed by atoms with Crippen molar-refractivity contribution in [1.82, 2.24) is 0 Å². The Morgan fingerprint density at radius 2 is 1.70 bits per heavy atom. The molecule has 0 aliphatic carbocycles. The van der Waals surface area contributed by atoms with Gasteiger partial charge in [0.2, 0.25) is 0 Å². The van der Waals surface area contributed by atoms with E-state index in [1.807, 2.05) is 30.3 Å². The maximum atomic E-state index is 12.7. The maximum absolute atomic E-state index is 12.7. The van der Waals surface area contributed by atoms with E-state index in [1.165, 1.54) is 42.5 Å². The highest BCUT2D eigenvalue weighted by atomic mass is 32.1. The second-order valence-electron chi connectivity index (χ2n) is 6.75. The van der Waals surface area contributed by atoms with Gasteiger partial charge in [0.1, 0.15) is 10.6 Å². The average molecular weight is 468 g/mol. The molecule has 1 heterocycles. The lowest BCUT2D eigenvalue weighted by Gasteiger charge is -2.13. The summed E-state index contributed by atoms with van der Waals surface area (Å²) in [5.41, 5.74) is 0.331. The van der Waals surface area contributed by atoms with E-state index in [2.05, 4.69) is 5.32 Å². The molecule has 33 heavy (non-hydrogen) atoms. The lowest BCUT2D eigenvalue weighted by molar-refractivity contribution is -0.385. The predicted octanol–water partition coefficient (Wildman–Crippen LogP) is 4.68. The van der Waals surface area contributed by atoms with E-state index >= 15 is 0 Å². The molecule has 0 aliphatic rings. The minimum atomic E-state index is -1.28. The number of nitro groups is 1. The Morgan fingerprint density at radius 1 is 1.03 bits per heavy atom. The van der Waals surface area contributed by atoms with Crippen LogP contribution in [0.2, 0.25) is 0 Å². The lowest BCUT2D eigenvalue weighted by atomic mass is 10.1. The topological polar surface area (TPSA) is 125 Å². The summed E-state index contributed by atoms with van der Waals surface area (Å²) in [5, 5.41) is 14.0. The van der Waals surface area contributed by atoms with E-state index in [0.717, 1.165) is 10.4 Å². The number of carbonyl (C=O) groups excluding carboxylic acids is 3. The van der Waals surface area contributed by atoms with Crippen LogP contribution in [-0.4, -0.2) is 35.5 Å². The first-order chi connectivity index (χ1) is 15.8. The summed E-state index contributed by atoms with van der Waals surface area (Å²) >= 11 is 1.17. The molecule has 2 aromatic carbocycles. The van der Waals surface area contributed by atoms with Gasteiger partial charge in [-0.3, -0.25) is 14.9 Å². The van der Waals surface area contributed by atoms with Gasteiger partial charge in [0.05, 0.1) is 17.1 Å². The van der Waals surface area contributed by atoms with Crippen LogP contribution in [0.15, 0.2) is 60.7 Å². The Labute approximate surface area is 193 Å². The van der Waals surface area contributed by atoms with Crippen LogP contribution < -0.4 is 5.32 Å². The van der Waals surface area contributed by atoms with Crippen LogP contribution in [0.5, 0.6) is 0 Å². The molecule has 0 fully saturated rings. The number of rotatable bonds is 8. The first-order valence-electron chi connectivity index (χ1n) is 9.93. The molecule has 0 saturated carbocycles. The van der Waals surface area contributed by atoms with Gasteiger partial charge in [0.25, 0.3) is 11.6 Å². The van der Waals surface area contributed by atoms with Crippen molar-refractivity contribution in [2.75, 3.05) is 11.9 Å². The highest BCUT2D eigenvalue weighted by Crippen LogP contribution is 2.36. The number of hydrogen-bond donors (Lipinski definition) is 1. The fraction of sp³-hybridized carbons (Fsp3) is 0.174. The summed E-state index contributed by atoms with van der Waals surface area (Å²) in [6.45, 7) is 3.16. The van der Waals surface area contributed by atoms with Gasteiger partial charge in [-0.15, -0.1) is 11.3 Å². The highest BCUT2D eigenvalue weighted by Gasteiger charge is 2.27. The molecule has 170 valence electrons. The third-order valence-electron chi connectivity index (χ3n) is 4.50. The summed E-state index contributed by atoms with van der Waals surface area (Å²) in [7, 11) is 0. The van der Waals surface area contributed by atoms with Gasteiger partial charge >= 0.3 is 11.9 Å². The molecular formula is C23H20N2O7S. The van der Waals surface area contributed by atoms with E-state index in [9.17, 15) is 24.5 Å². The second kappa shape index (κ2) is 10.5. The minimum Gasteiger partial charge on any atom is -0.462 e. The SMILES string of the molecule is CCOC(=O)c1cc(-c2ccccc2)sc1NC(=O)C(C)OC(=O)c1ccccc1[N+](=O)[O-]. The van der Waals surface area contributed by atoms with Crippen molar-refractivity contribution >= 4 is 39.9 Å². The molecule has 1 atom stereocenters. The predicted molar refractivity (Wildman–Crippen MR) is 122 cm³/mol. The van der Waals surface area contributed by atoms with Crippen molar-refractivity contribution in [2.24, 2.45) is 0 Å². The van der Waals surface area contributed by atoms with E-state index in [0.29, 0.717) is 0 Å². The van der Waals surface area contributed by atoms with Gasteiger partial charge in [-0.2, -0.15) is 0 Å². The molecule has 3 rings (SSSR count). The lowest BCUT2D eigenvalue weighted by Crippen LogP contribution is -2.30. The van der Waals surface area contributed by atoms with E-state index < -0.39 is 34.6 Å². The van der Waals surface area contributed by atoms with Crippen molar-refractivity contribution in [3.05, 3.63) is 81.9 Å². The number of anilines is 1. The van der Waals surface area contributed by atoms with Gasteiger partial charge < -0.3 is 14.8 Å². The zero-order valence-electron chi connectivity index (χ0n) is 17.8. The Bertz CT molecular complexity index is 1190. The zero-order valence-corrected chi connectivity index (χ0v) is 18.6. The maximum Gasteiger partial charge on any atom is 0.345 e. The van der Waals surface area contributed by atoms with Crippen LogP contribution >= 0.6 is 11.3 Å². The molecule has 0 aliphatic heterocycles. The first-order valence-corrected chi connectivity index (χ1v) is 10.7. The Kier molecular flexibility index (Phi) is 7.52. The molecule has 0 bridgehead atoms. The number of nitro benzene ring substituents is 1. The fourth-order valence-electron chi connectivity index (χ4n) is 2.89. The number of nitrogens with one attached hydrogen (secondary N) is 1. The Balaban J connectivity index is 1.80. The van der Waals surface area contributed by atoms with Crippen molar-refractivity contribution in [2.45, 2.75) is 20.0 Å². The van der Waals surface area contributed by atoms with Gasteiger partial charge in [0, 0.05) is 10.9 Å². The van der Waals surface area contributed by atoms with Crippen LogP contribution in [0.3, 0.4) is 0 Å². The largest absolute Gasteiger partial charge is 0.462 e. The summed E-state index contributed by atoms with van der Waals surface area (Å²) in [6.07, 6.45) is -1.28. The number of nitrogens with zero attached hydrogens (tertiary/aromatic N) is 1. The van der Waals surface area contributed by atoms with Gasteiger partial charge in [0.15, 0.2) is 6.10 Å². The van der Waals surface area contributed by atoms with Gasteiger partial charge in [-0.25, -0.2) is 9.59 Å². The van der Waals surface area contributed by atoms with Gasteiger partial charge in [-0.05, 0) is 31.5 Å².